The Labute approximate surface area is 119 Å². The Morgan fingerprint density at radius 2 is 2.00 bits per heavy atom. The quantitative estimate of drug-likeness (QED) is 0.558. The SMILES string of the molecule is Cc1cscc1C(Cl)c1cc(Br)sc1Br. The molecule has 5 heteroatoms. The number of hydrogen-bond acceptors (Lipinski definition) is 2. The molecule has 0 fully saturated rings. The summed E-state index contributed by atoms with van der Waals surface area (Å²) in [6.45, 7) is 2.09. The molecular weight excluding hydrogens is 380 g/mol. The summed E-state index contributed by atoms with van der Waals surface area (Å²) in [5.41, 5.74) is 3.59. The van der Waals surface area contributed by atoms with Crippen LogP contribution in [0.4, 0.5) is 0 Å². The maximum atomic E-state index is 6.46. The van der Waals surface area contributed by atoms with Gasteiger partial charge in [0.05, 0.1) is 12.9 Å². The van der Waals surface area contributed by atoms with Gasteiger partial charge in [0, 0.05) is 5.56 Å². The first-order valence-electron chi connectivity index (χ1n) is 4.21. The Morgan fingerprint density at radius 3 is 2.47 bits per heavy atom. The standard InChI is InChI=1S/C10H7Br2ClS2/c1-5-3-14-4-7(5)9(13)6-2-8(11)15-10(6)12/h2-4,9H,1H3. The predicted octanol–water partition coefficient (Wildman–Crippen LogP) is 5.97. The number of rotatable bonds is 2. The molecule has 1 atom stereocenters. The maximum absolute atomic E-state index is 6.46. The van der Waals surface area contributed by atoms with Crippen LogP contribution in [-0.2, 0) is 0 Å². The molecule has 0 aliphatic rings. The molecule has 80 valence electrons. The van der Waals surface area contributed by atoms with Gasteiger partial charge in [0.15, 0.2) is 0 Å². The van der Waals surface area contributed by atoms with E-state index in [1.807, 2.05) is 0 Å². The first-order valence-corrected chi connectivity index (χ1v) is 7.99. The normalized spacial score (nSPS) is 13.1. The summed E-state index contributed by atoms with van der Waals surface area (Å²) in [6, 6.07) is 2.07. The molecule has 0 spiro atoms. The molecule has 0 nitrogen and oxygen atoms in total. The van der Waals surface area contributed by atoms with Crippen molar-refractivity contribution in [3.05, 3.63) is 41.1 Å². The van der Waals surface area contributed by atoms with Gasteiger partial charge in [0.2, 0.25) is 0 Å². The molecule has 0 saturated heterocycles. The third kappa shape index (κ3) is 2.50. The summed E-state index contributed by atoms with van der Waals surface area (Å²) in [6.07, 6.45) is 0. The van der Waals surface area contributed by atoms with E-state index in [-0.39, 0.29) is 5.38 Å². The van der Waals surface area contributed by atoms with E-state index in [2.05, 4.69) is 55.6 Å². The zero-order valence-corrected chi connectivity index (χ0v) is 13.3. The highest BCUT2D eigenvalue weighted by Gasteiger charge is 2.18. The van der Waals surface area contributed by atoms with Crippen LogP contribution in [-0.4, -0.2) is 0 Å². The third-order valence-electron chi connectivity index (χ3n) is 2.12. The van der Waals surface area contributed by atoms with Crippen LogP contribution >= 0.6 is 66.1 Å². The van der Waals surface area contributed by atoms with Crippen LogP contribution < -0.4 is 0 Å². The average Bonchev–Trinajstić information content (AvgIpc) is 2.71. The van der Waals surface area contributed by atoms with Crippen molar-refractivity contribution in [2.24, 2.45) is 0 Å². The van der Waals surface area contributed by atoms with Crippen LogP contribution in [0.3, 0.4) is 0 Å². The first kappa shape index (κ1) is 12.1. The smallest absolute Gasteiger partial charge is 0.0865 e. The van der Waals surface area contributed by atoms with Crippen LogP contribution in [0.2, 0.25) is 0 Å². The lowest BCUT2D eigenvalue weighted by Crippen LogP contribution is -1.91. The van der Waals surface area contributed by atoms with Crippen molar-refractivity contribution in [2.45, 2.75) is 12.3 Å². The first-order chi connectivity index (χ1) is 7.09. The number of hydrogen-bond donors (Lipinski definition) is 0. The summed E-state index contributed by atoms with van der Waals surface area (Å²) in [5.74, 6) is 0. The van der Waals surface area contributed by atoms with Gasteiger partial charge in [0.1, 0.15) is 0 Å². The lowest BCUT2D eigenvalue weighted by molar-refractivity contribution is 1.13. The summed E-state index contributed by atoms with van der Waals surface area (Å²) in [7, 11) is 0. The molecule has 0 N–H and O–H groups in total. The second-order valence-electron chi connectivity index (χ2n) is 3.15. The summed E-state index contributed by atoms with van der Waals surface area (Å²) < 4.78 is 2.20. The van der Waals surface area contributed by atoms with Crippen LogP contribution in [0.25, 0.3) is 0 Å². The minimum atomic E-state index is -0.0619. The van der Waals surface area contributed by atoms with E-state index >= 15 is 0 Å². The lowest BCUT2D eigenvalue weighted by Gasteiger charge is -2.07. The molecule has 0 aliphatic carbocycles. The zero-order valence-electron chi connectivity index (χ0n) is 7.76. The van der Waals surface area contributed by atoms with Crippen molar-refractivity contribution in [1.82, 2.24) is 0 Å². The highest BCUT2D eigenvalue weighted by atomic mass is 79.9. The Balaban J connectivity index is 2.40. The number of halogens is 3. The van der Waals surface area contributed by atoms with Crippen LogP contribution in [0.5, 0.6) is 0 Å². The van der Waals surface area contributed by atoms with Crippen molar-refractivity contribution in [3.8, 4) is 0 Å². The Bertz CT molecular complexity index is 475. The van der Waals surface area contributed by atoms with Gasteiger partial charge >= 0.3 is 0 Å². The maximum Gasteiger partial charge on any atom is 0.0865 e. The van der Waals surface area contributed by atoms with E-state index < -0.39 is 0 Å². The van der Waals surface area contributed by atoms with E-state index in [0.29, 0.717) is 0 Å². The predicted molar refractivity (Wildman–Crippen MR) is 76.5 cm³/mol. The Hall–Kier alpha value is 0.650. The van der Waals surface area contributed by atoms with Gasteiger partial charge in [0.25, 0.3) is 0 Å². The van der Waals surface area contributed by atoms with E-state index in [4.69, 9.17) is 11.6 Å². The molecule has 0 aromatic carbocycles. The minimum Gasteiger partial charge on any atom is -0.152 e. The highest BCUT2D eigenvalue weighted by Crippen LogP contribution is 2.42. The van der Waals surface area contributed by atoms with Gasteiger partial charge in [-0.3, -0.25) is 0 Å². The minimum absolute atomic E-state index is 0.0619. The van der Waals surface area contributed by atoms with Crippen LogP contribution in [0, 0.1) is 6.92 Å². The Morgan fingerprint density at radius 1 is 1.27 bits per heavy atom. The number of alkyl halides is 1. The van der Waals surface area contributed by atoms with Crippen molar-refractivity contribution >= 4 is 66.1 Å². The molecule has 2 rings (SSSR count). The van der Waals surface area contributed by atoms with Gasteiger partial charge in [-0.25, -0.2) is 0 Å². The summed E-state index contributed by atoms with van der Waals surface area (Å²) in [5, 5.41) is 4.18. The third-order valence-corrected chi connectivity index (χ3v) is 5.86. The lowest BCUT2D eigenvalue weighted by atomic mass is 10.1. The second kappa shape index (κ2) is 4.88. The zero-order chi connectivity index (χ0) is 11.0. The molecule has 15 heavy (non-hydrogen) atoms. The number of thiophene rings is 2. The van der Waals surface area contributed by atoms with Gasteiger partial charge in [-0.15, -0.1) is 22.9 Å². The molecule has 0 saturated carbocycles. The van der Waals surface area contributed by atoms with Gasteiger partial charge < -0.3 is 0 Å². The molecule has 0 aliphatic heterocycles. The van der Waals surface area contributed by atoms with E-state index in [0.717, 1.165) is 13.1 Å². The summed E-state index contributed by atoms with van der Waals surface area (Å²) in [4.78, 5) is 0. The summed E-state index contributed by atoms with van der Waals surface area (Å²) >= 11 is 16.8. The number of aryl methyl sites for hydroxylation is 1. The van der Waals surface area contributed by atoms with E-state index in [1.165, 1.54) is 11.1 Å². The fourth-order valence-electron chi connectivity index (χ4n) is 1.32. The molecule has 1 unspecified atom stereocenters. The molecular formula is C10H7Br2ClS2. The van der Waals surface area contributed by atoms with Crippen molar-refractivity contribution in [3.63, 3.8) is 0 Å². The molecule has 2 aromatic rings. The largest absolute Gasteiger partial charge is 0.152 e. The van der Waals surface area contributed by atoms with Crippen molar-refractivity contribution < 1.29 is 0 Å². The monoisotopic (exact) mass is 384 g/mol. The van der Waals surface area contributed by atoms with Gasteiger partial charge in [-0.05, 0) is 66.7 Å². The van der Waals surface area contributed by atoms with E-state index in [9.17, 15) is 0 Å². The van der Waals surface area contributed by atoms with Gasteiger partial charge in [-0.1, -0.05) is 0 Å². The van der Waals surface area contributed by atoms with Crippen molar-refractivity contribution in [2.75, 3.05) is 0 Å². The fourth-order valence-corrected chi connectivity index (χ4v) is 5.78. The van der Waals surface area contributed by atoms with Crippen LogP contribution in [0.1, 0.15) is 22.1 Å². The van der Waals surface area contributed by atoms with Crippen LogP contribution in [0.15, 0.2) is 24.4 Å². The van der Waals surface area contributed by atoms with E-state index in [1.54, 1.807) is 22.7 Å². The Kier molecular flexibility index (Phi) is 3.94. The topological polar surface area (TPSA) is 0 Å². The average molecular weight is 387 g/mol. The molecule has 0 amide bonds. The fraction of sp³-hybridized carbons (Fsp3) is 0.200. The van der Waals surface area contributed by atoms with Crippen molar-refractivity contribution in [1.29, 1.82) is 0 Å². The highest BCUT2D eigenvalue weighted by molar-refractivity contribution is 9.12. The molecule has 2 heterocycles. The second-order valence-corrected chi connectivity index (χ2v) is 8.08. The molecule has 2 aromatic heterocycles. The van der Waals surface area contributed by atoms with Gasteiger partial charge in [-0.2, -0.15) is 11.3 Å². The molecule has 0 radical (unpaired) electrons. The molecule has 0 bridgehead atoms.